The highest BCUT2D eigenvalue weighted by atomic mass is 32.1. The molecular weight excluding hydrogens is 464 g/mol. The van der Waals surface area contributed by atoms with Crippen molar-refractivity contribution in [2.45, 2.75) is 26.7 Å². The summed E-state index contributed by atoms with van der Waals surface area (Å²) < 4.78 is 17.6. The molecule has 1 amide bonds. The normalized spacial score (nSPS) is 10.8. The minimum atomic E-state index is -0.303. The molecule has 0 aliphatic rings. The Bertz CT molecular complexity index is 1270. The zero-order valence-electron chi connectivity index (χ0n) is 19.6. The van der Waals surface area contributed by atoms with E-state index in [1.807, 2.05) is 24.3 Å². The molecule has 8 nitrogen and oxygen atoms in total. The number of aromatic nitrogens is 3. The Morgan fingerprint density at radius 3 is 2.66 bits per heavy atom. The van der Waals surface area contributed by atoms with Crippen molar-refractivity contribution in [3.63, 3.8) is 0 Å². The van der Waals surface area contributed by atoms with Crippen LogP contribution in [0.4, 0.5) is 5.13 Å². The number of carbonyl (C=O) groups is 1. The van der Waals surface area contributed by atoms with Crippen LogP contribution in [-0.4, -0.2) is 27.7 Å². The van der Waals surface area contributed by atoms with E-state index in [1.54, 1.807) is 35.9 Å². The maximum absolute atomic E-state index is 12.8. The Hall–Kier alpha value is -3.98. The molecule has 0 saturated heterocycles. The second-order valence-corrected chi connectivity index (χ2v) is 9.03. The van der Waals surface area contributed by atoms with E-state index in [-0.39, 0.29) is 5.91 Å². The summed E-state index contributed by atoms with van der Waals surface area (Å²) in [6.45, 7) is 8.35. The van der Waals surface area contributed by atoms with Gasteiger partial charge in [0.2, 0.25) is 11.8 Å². The summed E-state index contributed by atoms with van der Waals surface area (Å²) >= 11 is 1.34. The molecule has 2 aromatic heterocycles. The van der Waals surface area contributed by atoms with Gasteiger partial charge in [0.25, 0.3) is 5.91 Å². The molecule has 2 aromatic carbocycles. The summed E-state index contributed by atoms with van der Waals surface area (Å²) in [5, 5.41) is 13.3. The lowest BCUT2D eigenvalue weighted by Gasteiger charge is -2.12. The fourth-order valence-electron chi connectivity index (χ4n) is 3.16. The van der Waals surface area contributed by atoms with Gasteiger partial charge >= 0.3 is 0 Å². The molecule has 1 N–H and O–H groups in total. The fourth-order valence-corrected chi connectivity index (χ4v) is 3.69. The van der Waals surface area contributed by atoms with Crippen LogP contribution < -0.4 is 14.8 Å². The Labute approximate surface area is 207 Å². The molecule has 180 valence electrons. The monoisotopic (exact) mass is 490 g/mol. The zero-order chi connectivity index (χ0) is 24.6. The quantitative estimate of drug-likeness (QED) is 0.192. The van der Waals surface area contributed by atoms with Crippen molar-refractivity contribution < 1.29 is 18.7 Å². The van der Waals surface area contributed by atoms with Crippen LogP contribution in [0.5, 0.6) is 17.2 Å². The minimum Gasteiger partial charge on any atom is -0.493 e. The Morgan fingerprint density at radius 2 is 1.94 bits per heavy atom. The van der Waals surface area contributed by atoms with Gasteiger partial charge in [-0.3, -0.25) is 10.1 Å². The van der Waals surface area contributed by atoms with Gasteiger partial charge in [-0.2, -0.15) is 0 Å². The van der Waals surface area contributed by atoms with Gasteiger partial charge in [0.15, 0.2) is 5.13 Å². The van der Waals surface area contributed by atoms with Gasteiger partial charge in [-0.15, -0.1) is 28.1 Å². The van der Waals surface area contributed by atoms with Crippen molar-refractivity contribution >= 4 is 22.4 Å². The first kappa shape index (κ1) is 24.2. The lowest BCUT2D eigenvalue weighted by Crippen LogP contribution is -2.12. The largest absolute Gasteiger partial charge is 0.493 e. The Morgan fingerprint density at radius 1 is 1.14 bits per heavy atom. The third-order valence-corrected chi connectivity index (χ3v) is 5.46. The van der Waals surface area contributed by atoms with Crippen LogP contribution in [0.3, 0.4) is 0 Å². The second kappa shape index (κ2) is 11.4. The first-order valence-electron chi connectivity index (χ1n) is 11.2. The molecule has 0 aliphatic carbocycles. The predicted octanol–water partition coefficient (Wildman–Crippen LogP) is 6.39. The number of rotatable bonds is 11. The van der Waals surface area contributed by atoms with Crippen LogP contribution in [-0.2, 0) is 6.42 Å². The number of hydrogen-bond donors (Lipinski definition) is 1. The van der Waals surface area contributed by atoms with Crippen LogP contribution in [0.25, 0.3) is 11.5 Å². The van der Waals surface area contributed by atoms with Crippen molar-refractivity contribution in [2.75, 3.05) is 11.9 Å². The Kier molecular flexibility index (Phi) is 7.89. The van der Waals surface area contributed by atoms with Crippen molar-refractivity contribution in [3.8, 4) is 28.7 Å². The second-order valence-electron chi connectivity index (χ2n) is 8.14. The molecule has 4 aromatic rings. The molecule has 0 fully saturated rings. The van der Waals surface area contributed by atoms with E-state index in [0.717, 1.165) is 12.0 Å². The summed E-state index contributed by atoms with van der Waals surface area (Å²) in [6.07, 6.45) is 4.82. The van der Waals surface area contributed by atoms with Gasteiger partial charge in [0.1, 0.15) is 17.2 Å². The van der Waals surface area contributed by atoms with E-state index in [1.165, 1.54) is 11.3 Å². The number of benzene rings is 2. The van der Waals surface area contributed by atoms with Gasteiger partial charge in [-0.1, -0.05) is 19.9 Å². The van der Waals surface area contributed by atoms with Gasteiger partial charge in [-0.05, 0) is 48.7 Å². The van der Waals surface area contributed by atoms with E-state index < -0.39 is 0 Å². The topological polar surface area (TPSA) is 99.4 Å². The number of anilines is 1. The smallest absolute Gasteiger partial charge is 0.257 e. The summed E-state index contributed by atoms with van der Waals surface area (Å²) in [5.74, 6) is 2.79. The highest BCUT2D eigenvalue weighted by molar-refractivity contribution is 7.13. The minimum absolute atomic E-state index is 0.303. The van der Waals surface area contributed by atoms with Gasteiger partial charge in [0.05, 0.1) is 6.61 Å². The van der Waals surface area contributed by atoms with E-state index in [2.05, 4.69) is 40.9 Å². The average molecular weight is 491 g/mol. The summed E-state index contributed by atoms with van der Waals surface area (Å²) in [4.78, 5) is 16.9. The summed E-state index contributed by atoms with van der Waals surface area (Å²) in [5.41, 5.74) is 1.19. The highest BCUT2D eigenvalue weighted by Crippen LogP contribution is 2.30. The first-order chi connectivity index (χ1) is 17.0. The van der Waals surface area contributed by atoms with Crippen LogP contribution >= 0.6 is 11.3 Å². The number of amides is 1. The Balaban J connectivity index is 1.51. The van der Waals surface area contributed by atoms with Gasteiger partial charge in [-0.25, -0.2) is 4.98 Å². The highest BCUT2D eigenvalue weighted by Gasteiger charge is 2.14. The number of nitrogens with one attached hydrogen (secondary N) is 1. The van der Waals surface area contributed by atoms with Crippen LogP contribution in [0.2, 0.25) is 0 Å². The molecule has 0 saturated carbocycles. The number of carbonyl (C=O) groups excluding carboxylic acids is 1. The van der Waals surface area contributed by atoms with E-state index >= 15 is 0 Å². The number of hydrogen-bond acceptors (Lipinski definition) is 8. The van der Waals surface area contributed by atoms with E-state index in [9.17, 15) is 4.79 Å². The maximum Gasteiger partial charge on any atom is 0.257 e. The number of ether oxygens (including phenoxy) is 2. The van der Waals surface area contributed by atoms with Gasteiger partial charge in [0, 0.05) is 35.2 Å². The predicted molar refractivity (Wildman–Crippen MR) is 135 cm³/mol. The maximum atomic E-state index is 12.8. The molecule has 2 heterocycles. The molecular formula is C26H26N4O4S. The fraction of sp³-hybridized carbons (Fsp3) is 0.231. The third kappa shape index (κ3) is 6.77. The summed E-state index contributed by atoms with van der Waals surface area (Å²) in [7, 11) is 0. The SMILES string of the molecule is C=CCCOc1cc(Oc2ccc(-c3nnc(CC(C)C)o3)cc2)cc(C(=O)Nc2nccs2)c1. The standard InChI is InChI=1S/C26H26N4O4S/c1-4-5-11-32-21-14-19(24(31)28-26-27-10-12-35-26)15-22(16-21)33-20-8-6-18(7-9-20)25-30-29-23(34-25)13-17(2)3/h4,6-10,12,14-17H,1,5,11,13H2,2-3H3,(H,27,28,31). The van der Waals surface area contributed by atoms with Crippen molar-refractivity contribution in [2.24, 2.45) is 5.92 Å². The zero-order valence-corrected chi connectivity index (χ0v) is 20.4. The van der Waals surface area contributed by atoms with E-state index in [0.29, 0.717) is 58.7 Å². The lowest BCUT2D eigenvalue weighted by molar-refractivity contribution is 0.102. The average Bonchev–Trinajstić information content (AvgIpc) is 3.52. The van der Waals surface area contributed by atoms with Crippen molar-refractivity contribution in [1.29, 1.82) is 0 Å². The third-order valence-electron chi connectivity index (χ3n) is 4.77. The number of thiazole rings is 1. The molecule has 0 unspecified atom stereocenters. The van der Waals surface area contributed by atoms with E-state index in [4.69, 9.17) is 13.9 Å². The molecule has 4 rings (SSSR count). The van der Waals surface area contributed by atoms with Crippen molar-refractivity contribution in [3.05, 3.63) is 78.2 Å². The molecule has 0 bridgehead atoms. The lowest BCUT2D eigenvalue weighted by atomic mass is 10.1. The molecule has 0 aliphatic heterocycles. The van der Waals surface area contributed by atoms with Crippen LogP contribution in [0.1, 0.15) is 36.5 Å². The van der Waals surface area contributed by atoms with Gasteiger partial charge < -0.3 is 13.9 Å². The number of nitrogens with zero attached hydrogens (tertiary/aromatic N) is 3. The summed E-state index contributed by atoms with van der Waals surface area (Å²) in [6, 6.07) is 12.4. The molecule has 9 heteroatoms. The first-order valence-corrected chi connectivity index (χ1v) is 12.1. The molecule has 35 heavy (non-hydrogen) atoms. The van der Waals surface area contributed by atoms with Crippen molar-refractivity contribution in [1.82, 2.24) is 15.2 Å². The molecule has 0 radical (unpaired) electrons. The van der Waals surface area contributed by atoms with Crippen LogP contribution in [0, 0.1) is 5.92 Å². The molecule has 0 atom stereocenters. The molecule has 0 spiro atoms. The van der Waals surface area contributed by atoms with Crippen LogP contribution in [0.15, 0.2) is 71.1 Å².